The largest absolute Gasteiger partial charge is 0.497 e. The van der Waals surface area contributed by atoms with Crippen molar-refractivity contribution in [1.29, 1.82) is 0 Å². The Kier molecular flexibility index (Phi) is 9.27. The maximum Gasteiger partial charge on any atom is 0.264 e. The molecule has 0 atom stereocenters. The second-order valence-electron chi connectivity index (χ2n) is 8.89. The standard InChI is InChI=1S/C29H28Cl2N4O5S/c1-19-15-21(20(2)35(19)26-12-8-11-24(30)29(26)31)17-32-33-28(36)18-34(41(37,38)23-9-6-5-7-10-23)25-14-13-22(39-3)16-27(25)40-4/h5-17H,18H2,1-4H3,(H,33,36)/b32-17+. The summed E-state index contributed by atoms with van der Waals surface area (Å²) in [5, 5.41) is 4.94. The van der Waals surface area contributed by atoms with E-state index in [0.717, 1.165) is 21.3 Å². The molecule has 0 spiro atoms. The van der Waals surface area contributed by atoms with E-state index in [0.29, 0.717) is 21.5 Å². The Labute approximate surface area is 249 Å². The summed E-state index contributed by atoms with van der Waals surface area (Å²) in [4.78, 5) is 13.1. The first-order chi connectivity index (χ1) is 19.6. The van der Waals surface area contributed by atoms with Gasteiger partial charge in [-0.3, -0.25) is 9.10 Å². The molecule has 0 aliphatic heterocycles. The summed E-state index contributed by atoms with van der Waals surface area (Å²) >= 11 is 12.6. The predicted molar refractivity (Wildman–Crippen MR) is 162 cm³/mol. The van der Waals surface area contributed by atoms with Gasteiger partial charge in [-0.1, -0.05) is 47.5 Å². The summed E-state index contributed by atoms with van der Waals surface area (Å²) in [6.45, 7) is 3.24. The lowest BCUT2D eigenvalue weighted by molar-refractivity contribution is -0.119. The maximum atomic E-state index is 13.7. The number of sulfonamides is 1. The number of carbonyl (C=O) groups is 1. The first-order valence-corrected chi connectivity index (χ1v) is 14.5. The van der Waals surface area contributed by atoms with Crippen LogP contribution in [0.25, 0.3) is 5.69 Å². The van der Waals surface area contributed by atoms with E-state index in [4.69, 9.17) is 32.7 Å². The molecule has 9 nitrogen and oxygen atoms in total. The second-order valence-corrected chi connectivity index (χ2v) is 11.5. The molecule has 0 unspecified atom stereocenters. The number of aryl methyl sites for hydroxylation is 1. The van der Waals surface area contributed by atoms with Gasteiger partial charge in [0.2, 0.25) is 0 Å². The van der Waals surface area contributed by atoms with E-state index < -0.39 is 22.5 Å². The van der Waals surface area contributed by atoms with Crippen molar-refractivity contribution in [3.05, 3.63) is 99.8 Å². The number of benzene rings is 3. The minimum atomic E-state index is -4.15. The van der Waals surface area contributed by atoms with Gasteiger partial charge in [-0.05, 0) is 56.3 Å². The van der Waals surface area contributed by atoms with Crippen LogP contribution in [0.15, 0.2) is 82.8 Å². The summed E-state index contributed by atoms with van der Waals surface area (Å²) in [5.74, 6) is 0.0194. The number of amides is 1. The van der Waals surface area contributed by atoms with Crippen LogP contribution >= 0.6 is 23.2 Å². The number of aromatic nitrogens is 1. The minimum absolute atomic E-state index is 0.0151. The molecule has 1 aromatic heterocycles. The summed E-state index contributed by atoms with van der Waals surface area (Å²) in [6.07, 6.45) is 1.49. The molecular formula is C29H28Cl2N4O5S. The van der Waals surface area contributed by atoms with Crippen LogP contribution in [0.2, 0.25) is 10.0 Å². The van der Waals surface area contributed by atoms with E-state index in [-0.39, 0.29) is 16.3 Å². The van der Waals surface area contributed by atoms with E-state index in [1.54, 1.807) is 36.4 Å². The minimum Gasteiger partial charge on any atom is -0.497 e. The third-order valence-corrected chi connectivity index (χ3v) is 8.89. The van der Waals surface area contributed by atoms with Crippen molar-refractivity contribution < 1.29 is 22.7 Å². The lowest BCUT2D eigenvalue weighted by Gasteiger charge is -2.25. The van der Waals surface area contributed by atoms with Gasteiger partial charge in [-0.25, -0.2) is 13.8 Å². The van der Waals surface area contributed by atoms with Crippen LogP contribution in [0, 0.1) is 13.8 Å². The van der Waals surface area contributed by atoms with Crippen LogP contribution in [-0.2, 0) is 14.8 Å². The lowest BCUT2D eigenvalue weighted by Crippen LogP contribution is -2.39. The quantitative estimate of drug-likeness (QED) is 0.181. The third kappa shape index (κ3) is 6.35. The second kappa shape index (κ2) is 12.7. The van der Waals surface area contributed by atoms with Crippen molar-refractivity contribution in [2.45, 2.75) is 18.7 Å². The molecule has 0 radical (unpaired) electrons. The Morgan fingerprint density at radius 1 is 1.00 bits per heavy atom. The Morgan fingerprint density at radius 3 is 2.41 bits per heavy atom. The molecule has 4 aromatic rings. The highest BCUT2D eigenvalue weighted by Crippen LogP contribution is 2.35. The number of methoxy groups -OCH3 is 2. The molecule has 12 heteroatoms. The number of nitrogens with one attached hydrogen (secondary N) is 1. The van der Waals surface area contributed by atoms with Crippen molar-refractivity contribution in [3.63, 3.8) is 0 Å². The molecule has 0 fully saturated rings. The van der Waals surface area contributed by atoms with E-state index >= 15 is 0 Å². The molecule has 1 amide bonds. The van der Waals surface area contributed by atoms with Crippen LogP contribution < -0.4 is 19.2 Å². The zero-order chi connectivity index (χ0) is 29.7. The van der Waals surface area contributed by atoms with Crippen LogP contribution in [0.3, 0.4) is 0 Å². The monoisotopic (exact) mass is 614 g/mol. The van der Waals surface area contributed by atoms with Gasteiger partial charge in [0.15, 0.2) is 0 Å². The highest BCUT2D eigenvalue weighted by atomic mass is 35.5. The topological polar surface area (TPSA) is 102 Å². The number of halogens is 2. The van der Waals surface area contributed by atoms with Gasteiger partial charge in [0.1, 0.15) is 18.0 Å². The molecule has 0 saturated carbocycles. The van der Waals surface area contributed by atoms with Gasteiger partial charge < -0.3 is 14.0 Å². The zero-order valence-electron chi connectivity index (χ0n) is 22.8. The average molecular weight is 616 g/mol. The average Bonchev–Trinajstić information content (AvgIpc) is 3.25. The Hall–Kier alpha value is -3.99. The molecular weight excluding hydrogens is 587 g/mol. The number of rotatable bonds is 10. The van der Waals surface area contributed by atoms with Crippen molar-refractivity contribution in [2.75, 3.05) is 25.1 Å². The fourth-order valence-corrected chi connectivity index (χ4v) is 6.14. The molecule has 0 bridgehead atoms. The van der Waals surface area contributed by atoms with Gasteiger partial charge in [0.25, 0.3) is 15.9 Å². The summed E-state index contributed by atoms with van der Waals surface area (Å²) in [5.41, 5.74) is 5.74. The van der Waals surface area contributed by atoms with Crippen LogP contribution in [0.4, 0.5) is 5.69 Å². The predicted octanol–water partition coefficient (Wildman–Crippen LogP) is 5.76. The molecule has 0 saturated heterocycles. The number of anilines is 1. The van der Waals surface area contributed by atoms with Gasteiger partial charge in [-0.15, -0.1) is 0 Å². The van der Waals surface area contributed by atoms with Crippen molar-refractivity contribution >= 4 is 51.0 Å². The molecule has 1 heterocycles. The smallest absolute Gasteiger partial charge is 0.264 e. The highest BCUT2D eigenvalue weighted by Gasteiger charge is 2.29. The summed E-state index contributed by atoms with van der Waals surface area (Å²) < 4.78 is 40.9. The van der Waals surface area contributed by atoms with E-state index in [1.807, 2.05) is 36.6 Å². The number of ether oxygens (including phenoxy) is 2. The first kappa shape index (κ1) is 30.0. The normalized spacial score (nSPS) is 11.5. The number of hydrogen-bond acceptors (Lipinski definition) is 6. The van der Waals surface area contributed by atoms with Crippen molar-refractivity contribution in [3.8, 4) is 17.2 Å². The van der Waals surface area contributed by atoms with Crippen molar-refractivity contribution in [2.24, 2.45) is 5.10 Å². The van der Waals surface area contributed by atoms with Gasteiger partial charge in [-0.2, -0.15) is 5.10 Å². The molecule has 41 heavy (non-hydrogen) atoms. The number of hydrogen-bond donors (Lipinski definition) is 1. The van der Waals surface area contributed by atoms with Crippen LogP contribution in [-0.4, -0.2) is 45.9 Å². The Morgan fingerprint density at radius 2 is 1.73 bits per heavy atom. The number of hydrazone groups is 1. The third-order valence-electron chi connectivity index (χ3n) is 6.31. The van der Waals surface area contributed by atoms with Gasteiger partial charge >= 0.3 is 0 Å². The fraction of sp³-hybridized carbons (Fsp3) is 0.172. The molecule has 214 valence electrons. The number of carbonyl (C=O) groups excluding carboxylic acids is 1. The zero-order valence-corrected chi connectivity index (χ0v) is 25.1. The molecule has 4 rings (SSSR count). The van der Waals surface area contributed by atoms with Crippen LogP contribution in [0.1, 0.15) is 17.0 Å². The van der Waals surface area contributed by atoms with Gasteiger partial charge in [0, 0.05) is 23.0 Å². The molecule has 3 aromatic carbocycles. The van der Waals surface area contributed by atoms with Crippen molar-refractivity contribution in [1.82, 2.24) is 9.99 Å². The Balaban J connectivity index is 1.61. The maximum absolute atomic E-state index is 13.7. The van der Waals surface area contributed by atoms with E-state index in [9.17, 15) is 13.2 Å². The SMILES string of the molecule is COc1ccc(N(CC(=O)N/N=C/c2cc(C)n(-c3cccc(Cl)c3Cl)c2C)S(=O)(=O)c2ccccc2)c(OC)c1. The summed E-state index contributed by atoms with van der Waals surface area (Å²) in [6, 6.07) is 19.7. The highest BCUT2D eigenvalue weighted by molar-refractivity contribution is 7.92. The first-order valence-electron chi connectivity index (χ1n) is 12.3. The molecule has 0 aliphatic rings. The number of nitrogens with zero attached hydrogens (tertiary/aromatic N) is 3. The van der Waals surface area contributed by atoms with E-state index in [1.165, 1.54) is 38.6 Å². The Bertz CT molecular complexity index is 1710. The fourth-order valence-electron chi connectivity index (χ4n) is 4.30. The molecule has 0 aliphatic carbocycles. The van der Waals surface area contributed by atoms with Crippen LogP contribution in [0.5, 0.6) is 11.5 Å². The lowest BCUT2D eigenvalue weighted by atomic mass is 10.2. The summed E-state index contributed by atoms with van der Waals surface area (Å²) in [7, 11) is -1.26. The molecule has 1 N–H and O–H groups in total. The van der Waals surface area contributed by atoms with E-state index in [2.05, 4.69) is 10.5 Å². The van der Waals surface area contributed by atoms with Gasteiger partial charge in [0.05, 0.1) is 46.7 Å².